The van der Waals surface area contributed by atoms with Gasteiger partial charge in [0.25, 0.3) is 0 Å². The number of aryl methyl sites for hydroxylation is 1. The number of aromatic nitrogens is 3. The smallest absolute Gasteiger partial charge is 0.112 e. The molecule has 3 aromatic heterocycles. The van der Waals surface area contributed by atoms with E-state index in [2.05, 4.69) is 35.8 Å². The van der Waals surface area contributed by atoms with Crippen LogP contribution in [0, 0.1) is 6.92 Å². The Kier molecular flexibility index (Phi) is 3.84. The highest BCUT2D eigenvalue weighted by atomic mass is 79.9. The van der Waals surface area contributed by atoms with E-state index in [4.69, 9.17) is 0 Å². The summed E-state index contributed by atoms with van der Waals surface area (Å²) in [6.07, 6.45) is 3.61. The summed E-state index contributed by atoms with van der Waals surface area (Å²) in [5.41, 5.74) is 4.90. The number of nitrogens with zero attached hydrogens (tertiary/aromatic N) is 4. The molecule has 0 amide bonds. The lowest BCUT2D eigenvalue weighted by Gasteiger charge is -2.20. The van der Waals surface area contributed by atoms with Crippen molar-refractivity contribution in [2.24, 2.45) is 0 Å². The van der Waals surface area contributed by atoms with Crippen LogP contribution in [0.1, 0.15) is 11.4 Å². The number of rotatable bonds is 3. The van der Waals surface area contributed by atoms with Crippen LogP contribution in [0.3, 0.4) is 0 Å². The van der Waals surface area contributed by atoms with Gasteiger partial charge in [-0.2, -0.15) is 0 Å². The van der Waals surface area contributed by atoms with Crippen LogP contribution in [0.4, 0.5) is 5.69 Å². The van der Waals surface area contributed by atoms with Crippen LogP contribution in [-0.4, -0.2) is 22.0 Å². The average molecular weight is 343 g/mol. The Hall–Kier alpha value is -2.01. The van der Waals surface area contributed by atoms with Gasteiger partial charge in [-0.05, 0) is 47.1 Å². The van der Waals surface area contributed by atoms with Crippen molar-refractivity contribution in [1.29, 1.82) is 0 Å². The minimum absolute atomic E-state index is 0.735. The molecule has 0 unspecified atom stereocenters. The second-order valence-electron chi connectivity index (χ2n) is 4.98. The third kappa shape index (κ3) is 3.03. The van der Waals surface area contributed by atoms with E-state index in [1.54, 1.807) is 6.20 Å². The predicted octanol–water partition coefficient (Wildman–Crippen LogP) is 3.73. The molecule has 0 aromatic carbocycles. The molecular weight excluding hydrogens is 328 g/mol. The molecule has 0 N–H and O–H groups in total. The van der Waals surface area contributed by atoms with Gasteiger partial charge in [-0.3, -0.25) is 15.0 Å². The van der Waals surface area contributed by atoms with Crippen molar-refractivity contribution in [1.82, 2.24) is 15.0 Å². The maximum absolute atomic E-state index is 4.55. The van der Waals surface area contributed by atoms with Crippen molar-refractivity contribution in [3.05, 3.63) is 58.6 Å². The first kappa shape index (κ1) is 13.9. The third-order valence-corrected chi connectivity index (χ3v) is 3.71. The van der Waals surface area contributed by atoms with Crippen LogP contribution >= 0.6 is 15.9 Å². The fourth-order valence-corrected chi connectivity index (χ4v) is 2.63. The van der Waals surface area contributed by atoms with Gasteiger partial charge < -0.3 is 4.90 Å². The summed E-state index contributed by atoms with van der Waals surface area (Å²) >= 11 is 3.43. The van der Waals surface area contributed by atoms with E-state index in [1.807, 2.05) is 50.5 Å². The Morgan fingerprint density at radius 1 is 1.19 bits per heavy atom. The number of halogens is 1. The largest absolute Gasteiger partial charge is 0.367 e. The van der Waals surface area contributed by atoms with Crippen molar-refractivity contribution in [3.63, 3.8) is 0 Å². The van der Waals surface area contributed by atoms with Gasteiger partial charge >= 0.3 is 0 Å². The van der Waals surface area contributed by atoms with E-state index in [1.165, 1.54) is 0 Å². The molecule has 0 aliphatic rings. The summed E-state index contributed by atoms with van der Waals surface area (Å²) < 4.78 is 0.933. The molecule has 3 aromatic rings. The molecule has 0 aliphatic carbocycles. The molecule has 5 heteroatoms. The van der Waals surface area contributed by atoms with E-state index in [0.29, 0.717) is 0 Å². The molecule has 0 spiro atoms. The quantitative estimate of drug-likeness (QED) is 0.727. The summed E-state index contributed by atoms with van der Waals surface area (Å²) in [7, 11) is 2.04. The van der Waals surface area contributed by atoms with Crippen molar-refractivity contribution >= 4 is 32.7 Å². The standard InChI is InChI=1S/C16H15BrN4/c1-11-4-3-5-13(20-11)10-21(2)15-6-7-18-14-8-12(17)9-19-16(14)15/h3-9H,10H2,1-2H3. The summed E-state index contributed by atoms with van der Waals surface area (Å²) in [4.78, 5) is 15.6. The topological polar surface area (TPSA) is 41.9 Å². The van der Waals surface area contributed by atoms with Gasteiger partial charge in [0, 0.05) is 29.6 Å². The summed E-state index contributed by atoms with van der Waals surface area (Å²) in [6, 6.07) is 10.0. The lowest BCUT2D eigenvalue weighted by molar-refractivity contribution is 0.878. The zero-order valence-electron chi connectivity index (χ0n) is 11.9. The molecule has 0 saturated heterocycles. The van der Waals surface area contributed by atoms with Crippen LogP contribution in [0.25, 0.3) is 11.0 Å². The van der Waals surface area contributed by atoms with Gasteiger partial charge in [0.1, 0.15) is 5.52 Å². The van der Waals surface area contributed by atoms with Crippen molar-refractivity contribution < 1.29 is 0 Å². The van der Waals surface area contributed by atoms with Gasteiger partial charge in [-0.25, -0.2) is 0 Å². The van der Waals surface area contributed by atoms with Crippen LogP contribution < -0.4 is 4.90 Å². The van der Waals surface area contributed by atoms with Crippen molar-refractivity contribution in [2.75, 3.05) is 11.9 Å². The van der Waals surface area contributed by atoms with Crippen molar-refractivity contribution in [2.45, 2.75) is 13.5 Å². The molecule has 0 aliphatic heterocycles. The van der Waals surface area contributed by atoms with Gasteiger partial charge in [0.2, 0.25) is 0 Å². The molecule has 3 rings (SSSR count). The zero-order valence-corrected chi connectivity index (χ0v) is 13.5. The lowest BCUT2D eigenvalue weighted by atomic mass is 10.2. The first-order valence-electron chi connectivity index (χ1n) is 6.67. The lowest BCUT2D eigenvalue weighted by Crippen LogP contribution is -2.18. The van der Waals surface area contributed by atoms with Crippen LogP contribution in [-0.2, 0) is 6.54 Å². The molecule has 0 radical (unpaired) electrons. The zero-order chi connectivity index (χ0) is 14.8. The second-order valence-corrected chi connectivity index (χ2v) is 5.89. The SMILES string of the molecule is Cc1cccc(CN(C)c2ccnc3cc(Br)cnc23)n1. The average Bonchev–Trinajstić information content (AvgIpc) is 2.46. The Labute approximate surface area is 132 Å². The minimum Gasteiger partial charge on any atom is -0.367 e. The number of pyridine rings is 3. The van der Waals surface area contributed by atoms with E-state index in [0.717, 1.165) is 39.1 Å². The van der Waals surface area contributed by atoms with Crippen LogP contribution in [0.15, 0.2) is 47.2 Å². The Balaban J connectivity index is 1.96. The summed E-state index contributed by atoms with van der Waals surface area (Å²) in [6.45, 7) is 2.74. The maximum Gasteiger partial charge on any atom is 0.112 e. The monoisotopic (exact) mass is 342 g/mol. The van der Waals surface area contributed by atoms with Gasteiger partial charge in [-0.1, -0.05) is 6.07 Å². The third-order valence-electron chi connectivity index (χ3n) is 3.28. The van der Waals surface area contributed by atoms with Gasteiger partial charge in [0.05, 0.1) is 23.4 Å². The molecule has 4 nitrogen and oxygen atoms in total. The number of hydrogen-bond donors (Lipinski definition) is 0. The molecule has 0 fully saturated rings. The maximum atomic E-state index is 4.55. The van der Waals surface area contributed by atoms with Crippen LogP contribution in [0.2, 0.25) is 0 Å². The minimum atomic E-state index is 0.735. The Bertz CT molecular complexity index is 788. The first-order chi connectivity index (χ1) is 10.1. The molecule has 0 saturated carbocycles. The predicted molar refractivity (Wildman–Crippen MR) is 88.3 cm³/mol. The van der Waals surface area contributed by atoms with E-state index < -0.39 is 0 Å². The van der Waals surface area contributed by atoms with Crippen molar-refractivity contribution in [3.8, 4) is 0 Å². The highest BCUT2D eigenvalue weighted by Gasteiger charge is 2.09. The number of hydrogen-bond acceptors (Lipinski definition) is 4. The van der Waals surface area contributed by atoms with Gasteiger partial charge in [0.15, 0.2) is 0 Å². The molecule has 21 heavy (non-hydrogen) atoms. The Morgan fingerprint density at radius 2 is 2.05 bits per heavy atom. The highest BCUT2D eigenvalue weighted by molar-refractivity contribution is 9.10. The molecule has 106 valence electrons. The second kappa shape index (κ2) is 5.77. The summed E-state index contributed by atoms with van der Waals surface area (Å²) in [5, 5.41) is 0. The molecule has 3 heterocycles. The first-order valence-corrected chi connectivity index (χ1v) is 7.47. The normalized spacial score (nSPS) is 10.8. The van der Waals surface area contributed by atoms with E-state index in [-0.39, 0.29) is 0 Å². The highest BCUT2D eigenvalue weighted by Crippen LogP contribution is 2.25. The van der Waals surface area contributed by atoms with Crippen LogP contribution in [0.5, 0.6) is 0 Å². The Morgan fingerprint density at radius 3 is 2.86 bits per heavy atom. The number of fused-ring (bicyclic) bond motifs is 1. The fraction of sp³-hybridized carbons (Fsp3) is 0.188. The van der Waals surface area contributed by atoms with E-state index >= 15 is 0 Å². The fourth-order valence-electron chi connectivity index (χ4n) is 2.32. The summed E-state index contributed by atoms with van der Waals surface area (Å²) in [5.74, 6) is 0. The molecular formula is C16H15BrN4. The number of anilines is 1. The van der Waals surface area contributed by atoms with Gasteiger partial charge in [-0.15, -0.1) is 0 Å². The molecule has 0 bridgehead atoms. The molecule has 0 atom stereocenters. The van der Waals surface area contributed by atoms with E-state index in [9.17, 15) is 0 Å².